The van der Waals surface area contributed by atoms with Crippen molar-refractivity contribution in [1.29, 1.82) is 0 Å². The molecule has 0 aliphatic rings. The maximum Gasteiger partial charge on any atom is 0.254 e. The van der Waals surface area contributed by atoms with E-state index >= 15 is 0 Å². The van der Waals surface area contributed by atoms with Crippen LogP contribution in [0.5, 0.6) is 0 Å². The van der Waals surface area contributed by atoms with Gasteiger partial charge >= 0.3 is 0 Å². The van der Waals surface area contributed by atoms with Gasteiger partial charge in [-0.2, -0.15) is 0 Å². The molecule has 0 saturated carbocycles. The summed E-state index contributed by atoms with van der Waals surface area (Å²) in [5.41, 5.74) is 3.33. The van der Waals surface area contributed by atoms with Gasteiger partial charge in [0.15, 0.2) is 0 Å². The van der Waals surface area contributed by atoms with Crippen LogP contribution in [-0.4, -0.2) is 24.9 Å². The third kappa shape index (κ3) is 3.18. The van der Waals surface area contributed by atoms with Crippen LogP contribution in [0.15, 0.2) is 24.3 Å². The number of amides is 2. The van der Waals surface area contributed by atoms with Crippen molar-refractivity contribution in [3.63, 3.8) is 0 Å². The lowest BCUT2D eigenvalue weighted by Gasteiger charge is -2.14. The number of nitrogens with one attached hydrogen (secondary N) is 3. The quantitative estimate of drug-likeness (QED) is 0.431. The molecule has 1 rings (SSSR count). The van der Waals surface area contributed by atoms with Crippen LogP contribution >= 0.6 is 0 Å². The minimum Gasteiger partial charge on any atom is -0.357 e. The number of nitrogens with two attached hydrogens (primary N) is 1. The molecule has 1 aromatic carbocycles. The lowest BCUT2D eigenvalue weighted by molar-refractivity contribution is -0.122. The van der Waals surface area contributed by atoms with Crippen LogP contribution in [0.3, 0.4) is 0 Å². The lowest BCUT2D eigenvalue weighted by atomic mass is 10.1. The van der Waals surface area contributed by atoms with E-state index < -0.39 is 6.04 Å². The average molecular weight is 236 g/mol. The summed E-state index contributed by atoms with van der Waals surface area (Å²) in [7, 11) is 1.51. The Hall–Kier alpha value is -2.08. The number of anilines is 1. The molecule has 0 bridgehead atoms. The van der Waals surface area contributed by atoms with Gasteiger partial charge in [-0.05, 0) is 19.1 Å². The Morgan fingerprint density at radius 3 is 2.53 bits per heavy atom. The van der Waals surface area contributed by atoms with E-state index in [1.807, 2.05) is 0 Å². The van der Waals surface area contributed by atoms with Gasteiger partial charge in [-0.1, -0.05) is 12.1 Å². The number of hydrogen-bond donors (Lipinski definition) is 4. The molecule has 0 saturated heterocycles. The smallest absolute Gasteiger partial charge is 0.254 e. The Kier molecular flexibility index (Phi) is 4.47. The second kappa shape index (κ2) is 5.86. The highest BCUT2D eigenvalue weighted by atomic mass is 16.2. The van der Waals surface area contributed by atoms with Crippen molar-refractivity contribution in [3.05, 3.63) is 29.8 Å². The zero-order valence-corrected chi connectivity index (χ0v) is 9.78. The van der Waals surface area contributed by atoms with Gasteiger partial charge in [-0.15, -0.1) is 0 Å². The number of benzene rings is 1. The van der Waals surface area contributed by atoms with Gasteiger partial charge in [-0.25, -0.2) is 0 Å². The van der Waals surface area contributed by atoms with Crippen molar-refractivity contribution >= 4 is 17.5 Å². The standard InChI is InChI=1S/C11H16N4O2/c1-7(10(16)13-2)14-11(17)8-5-3-4-6-9(8)15-12/h3-7,15H,12H2,1-2H3,(H,13,16)(H,14,17). The predicted octanol–water partition coefficient (Wildman–Crippen LogP) is -0.163. The Balaban J connectivity index is 2.79. The maximum atomic E-state index is 11.9. The first-order valence-electron chi connectivity index (χ1n) is 5.18. The monoisotopic (exact) mass is 236 g/mol. The van der Waals surface area contributed by atoms with Crippen LogP contribution < -0.4 is 21.9 Å². The van der Waals surface area contributed by atoms with Crippen LogP contribution in [0.4, 0.5) is 5.69 Å². The first kappa shape index (κ1) is 13.0. The molecule has 0 fully saturated rings. The largest absolute Gasteiger partial charge is 0.357 e. The Labute approximate surface area is 99.5 Å². The van der Waals surface area contributed by atoms with Gasteiger partial charge in [0, 0.05) is 7.05 Å². The second-order valence-corrected chi connectivity index (χ2v) is 3.50. The summed E-state index contributed by atoms with van der Waals surface area (Å²) >= 11 is 0. The Bertz CT molecular complexity index is 420. The number of likely N-dealkylation sites (N-methyl/N-ethyl adjacent to an activating group) is 1. The van der Waals surface area contributed by atoms with Crippen LogP contribution in [0.25, 0.3) is 0 Å². The van der Waals surface area contributed by atoms with E-state index in [4.69, 9.17) is 5.84 Å². The van der Waals surface area contributed by atoms with E-state index in [9.17, 15) is 9.59 Å². The summed E-state index contributed by atoms with van der Waals surface area (Å²) in [6, 6.07) is 6.19. The molecule has 0 spiro atoms. The molecule has 6 nitrogen and oxygen atoms in total. The second-order valence-electron chi connectivity index (χ2n) is 3.50. The molecule has 1 unspecified atom stereocenters. The molecule has 0 heterocycles. The normalized spacial score (nSPS) is 11.5. The molecule has 1 aromatic rings. The Morgan fingerprint density at radius 2 is 1.94 bits per heavy atom. The van der Waals surface area contributed by atoms with E-state index in [0.29, 0.717) is 11.3 Å². The van der Waals surface area contributed by atoms with E-state index in [1.165, 1.54) is 7.05 Å². The number of carbonyl (C=O) groups is 2. The number of para-hydroxylation sites is 1. The molecule has 0 aliphatic heterocycles. The average Bonchev–Trinajstić information content (AvgIpc) is 2.37. The van der Waals surface area contributed by atoms with Gasteiger partial charge in [0.1, 0.15) is 6.04 Å². The summed E-state index contributed by atoms with van der Waals surface area (Å²) in [5, 5.41) is 5.03. The third-order valence-corrected chi connectivity index (χ3v) is 2.31. The van der Waals surface area contributed by atoms with Crippen LogP contribution in [-0.2, 0) is 4.79 Å². The Morgan fingerprint density at radius 1 is 1.29 bits per heavy atom. The van der Waals surface area contributed by atoms with Crippen LogP contribution in [0.1, 0.15) is 17.3 Å². The molecule has 0 radical (unpaired) electrons. The molecule has 17 heavy (non-hydrogen) atoms. The van der Waals surface area contributed by atoms with Gasteiger partial charge in [0.25, 0.3) is 5.91 Å². The van der Waals surface area contributed by atoms with Gasteiger partial charge < -0.3 is 16.1 Å². The first-order chi connectivity index (χ1) is 8.10. The highest BCUT2D eigenvalue weighted by Gasteiger charge is 2.16. The zero-order valence-electron chi connectivity index (χ0n) is 9.78. The van der Waals surface area contributed by atoms with Gasteiger partial charge in [-0.3, -0.25) is 15.4 Å². The fourth-order valence-electron chi connectivity index (χ4n) is 1.36. The molecule has 6 heteroatoms. The van der Waals surface area contributed by atoms with Crippen molar-refractivity contribution in [3.8, 4) is 0 Å². The van der Waals surface area contributed by atoms with E-state index in [1.54, 1.807) is 31.2 Å². The molecule has 0 aliphatic carbocycles. The molecule has 92 valence electrons. The summed E-state index contributed by atoms with van der Waals surface area (Å²) in [5.74, 6) is 4.69. The van der Waals surface area contributed by atoms with Crippen molar-refractivity contribution in [2.75, 3.05) is 12.5 Å². The topological polar surface area (TPSA) is 96.2 Å². The number of hydrazine groups is 1. The van der Waals surface area contributed by atoms with E-state index in [2.05, 4.69) is 16.1 Å². The maximum absolute atomic E-state index is 11.9. The summed E-state index contributed by atoms with van der Waals surface area (Å²) < 4.78 is 0. The number of carbonyl (C=O) groups excluding carboxylic acids is 2. The predicted molar refractivity (Wildman–Crippen MR) is 65.2 cm³/mol. The fourth-order valence-corrected chi connectivity index (χ4v) is 1.36. The van der Waals surface area contributed by atoms with E-state index in [0.717, 1.165) is 0 Å². The molecule has 1 atom stereocenters. The minimum atomic E-state index is -0.599. The zero-order chi connectivity index (χ0) is 12.8. The third-order valence-electron chi connectivity index (χ3n) is 2.31. The summed E-state index contributed by atoms with van der Waals surface area (Å²) in [4.78, 5) is 23.1. The molecular formula is C11H16N4O2. The molecule has 5 N–H and O–H groups in total. The SMILES string of the molecule is CNC(=O)C(C)NC(=O)c1ccccc1NN. The highest BCUT2D eigenvalue weighted by molar-refractivity contribution is 6.01. The van der Waals surface area contributed by atoms with Crippen molar-refractivity contribution < 1.29 is 9.59 Å². The summed E-state index contributed by atoms with van der Waals surface area (Å²) in [6.07, 6.45) is 0. The number of rotatable bonds is 4. The van der Waals surface area contributed by atoms with Crippen molar-refractivity contribution in [2.45, 2.75) is 13.0 Å². The van der Waals surface area contributed by atoms with Crippen LogP contribution in [0.2, 0.25) is 0 Å². The summed E-state index contributed by atoms with van der Waals surface area (Å²) in [6.45, 7) is 1.61. The molecule has 0 aromatic heterocycles. The number of nitrogen functional groups attached to an aromatic ring is 1. The van der Waals surface area contributed by atoms with Crippen molar-refractivity contribution in [2.24, 2.45) is 5.84 Å². The molecular weight excluding hydrogens is 220 g/mol. The lowest BCUT2D eigenvalue weighted by Crippen LogP contribution is -2.43. The van der Waals surface area contributed by atoms with E-state index in [-0.39, 0.29) is 11.8 Å². The van der Waals surface area contributed by atoms with Gasteiger partial charge in [0.2, 0.25) is 5.91 Å². The molecule has 2 amide bonds. The number of hydrogen-bond acceptors (Lipinski definition) is 4. The highest BCUT2D eigenvalue weighted by Crippen LogP contribution is 2.13. The van der Waals surface area contributed by atoms with Crippen molar-refractivity contribution in [1.82, 2.24) is 10.6 Å². The van der Waals surface area contributed by atoms with Crippen LogP contribution in [0, 0.1) is 0 Å². The fraction of sp³-hybridized carbons (Fsp3) is 0.273. The first-order valence-corrected chi connectivity index (χ1v) is 5.18. The van der Waals surface area contributed by atoms with Gasteiger partial charge in [0.05, 0.1) is 11.3 Å². The minimum absolute atomic E-state index is 0.253.